The molecule has 154 valence electrons. The number of carbonyl (C=O) groups is 2. The summed E-state index contributed by atoms with van der Waals surface area (Å²) in [6, 6.07) is 10.1. The van der Waals surface area contributed by atoms with Crippen molar-refractivity contribution >= 4 is 11.8 Å². The van der Waals surface area contributed by atoms with Gasteiger partial charge in [-0.25, -0.2) is 0 Å². The van der Waals surface area contributed by atoms with Crippen LogP contribution in [0.2, 0.25) is 0 Å². The van der Waals surface area contributed by atoms with E-state index in [0.29, 0.717) is 25.3 Å². The van der Waals surface area contributed by atoms with Crippen LogP contribution in [-0.4, -0.2) is 48.1 Å². The molecule has 0 radical (unpaired) electrons. The number of piperidine rings is 1. The number of nitrogens with one attached hydrogen (secondary N) is 1. The lowest BCUT2D eigenvalue weighted by molar-refractivity contribution is -0.138. The molecule has 2 amide bonds. The lowest BCUT2D eigenvalue weighted by Crippen LogP contribution is -2.47. The van der Waals surface area contributed by atoms with Gasteiger partial charge in [0.25, 0.3) is 0 Å². The van der Waals surface area contributed by atoms with E-state index in [9.17, 15) is 9.59 Å². The summed E-state index contributed by atoms with van der Waals surface area (Å²) in [6.45, 7) is 6.35. The van der Waals surface area contributed by atoms with Gasteiger partial charge in [0.15, 0.2) is 0 Å². The number of carbonyl (C=O) groups excluding carboxylic acids is 2. The van der Waals surface area contributed by atoms with Crippen LogP contribution in [0.3, 0.4) is 0 Å². The van der Waals surface area contributed by atoms with Crippen molar-refractivity contribution in [1.82, 2.24) is 10.2 Å². The van der Waals surface area contributed by atoms with Crippen LogP contribution < -0.4 is 5.32 Å². The van der Waals surface area contributed by atoms with Gasteiger partial charge in [0.2, 0.25) is 11.8 Å². The van der Waals surface area contributed by atoms with Crippen molar-refractivity contribution in [2.45, 2.75) is 70.5 Å². The molecule has 2 fully saturated rings. The Balaban J connectivity index is 1.36. The molecule has 2 aliphatic heterocycles. The largest absolute Gasteiger partial charge is 0.370 e. The van der Waals surface area contributed by atoms with E-state index in [1.807, 2.05) is 23.1 Å². The molecule has 0 aromatic heterocycles. The van der Waals surface area contributed by atoms with Gasteiger partial charge in [0.05, 0.1) is 11.7 Å². The number of nitrogens with zero attached hydrogens (tertiary/aromatic N) is 1. The number of aryl methyl sites for hydroxylation is 1. The first kappa shape index (κ1) is 20.8. The zero-order valence-electron chi connectivity index (χ0n) is 17.3. The minimum Gasteiger partial charge on any atom is -0.370 e. The summed E-state index contributed by atoms with van der Waals surface area (Å²) in [6.07, 6.45) is 5.84. The van der Waals surface area contributed by atoms with E-state index in [-0.39, 0.29) is 23.5 Å². The van der Waals surface area contributed by atoms with Gasteiger partial charge in [0.1, 0.15) is 0 Å². The van der Waals surface area contributed by atoms with E-state index in [1.165, 1.54) is 5.56 Å². The zero-order chi connectivity index (χ0) is 20.0. The van der Waals surface area contributed by atoms with Crippen molar-refractivity contribution in [1.29, 1.82) is 0 Å². The summed E-state index contributed by atoms with van der Waals surface area (Å²) >= 11 is 0. The standard InChI is InChI=1S/C23H34N2O3/c1-18(2)16-22(27)25-14-12-23(13-15-25)11-10-20(28-23)17-24-21(26)9-8-19-6-4-3-5-7-19/h3-7,18,20H,8-17H2,1-2H3,(H,24,26). The van der Waals surface area contributed by atoms with Gasteiger partial charge in [-0.2, -0.15) is 0 Å². The Kier molecular flexibility index (Phi) is 7.11. The fourth-order valence-electron chi connectivity index (χ4n) is 4.27. The Morgan fingerprint density at radius 2 is 1.89 bits per heavy atom. The van der Waals surface area contributed by atoms with Crippen LogP contribution in [-0.2, 0) is 20.7 Å². The van der Waals surface area contributed by atoms with Gasteiger partial charge in [-0.15, -0.1) is 0 Å². The van der Waals surface area contributed by atoms with E-state index in [1.54, 1.807) is 0 Å². The second-order valence-corrected chi connectivity index (χ2v) is 8.73. The van der Waals surface area contributed by atoms with E-state index in [0.717, 1.165) is 45.2 Å². The lowest BCUT2D eigenvalue weighted by atomic mass is 9.88. The molecule has 1 N–H and O–H groups in total. The second-order valence-electron chi connectivity index (χ2n) is 8.73. The molecule has 1 aromatic carbocycles. The van der Waals surface area contributed by atoms with Crippen LogP contribution in [0.4, 0.5) is 0 Å². The van der Waals surface area contributed by atoms with Crippen molar-refractivity contribution in [2.24, 2.45) is 5.92 Å². The zero-order valence-corrected chi connectivity index (χ0v) is 17.3. The van der Waals surface area contributed by atoms with Gasteiger partial charge in [0, 0.05) is 32.5 Å². The van der Waals surface area contributed by atoms with Gasteiger partial charge in [-0.05, 0) is 43.6 Å². The van der Waals surface area contributed by atoms with Crippen LogP contribution in [0.1, 0.15) is 57.9 Å². The highest BCUT2D eigenvalue weighted by Crippen LogP contribution is 2.38. The number of amides is 2. The molecule has 2 saturated heterocycles. The summed E-state index contributed by atoms with van der Waals surface area (Å²) in [4.78, 5) is 26.4. The molecule has 3 rings (SSSR count). The molecule has 1 atom stereocenters. The third-order valence-electron chi connectivity index (χ3n) is 5.96. The number of benzene rings is 1. The molecule has 5 nitrogen and oxygen atoms in total. The first-order valence-corrected chi connectivity index (χ1v) is 10.7. The highest BCUT2D eigenvalue weighted by Gasteiger charge is 2.43. The Hall–Kier alpha value is -1.88. The summed E-state index contributed by atoms with van der Waals surface area (Å²) < 4.78 is 6.36. The third kappa shape index (κ3) is 5.81. The lowest BCUT2D eigenvalue weighted by Gasteiger charge is -2.39. The first-order valence-electron chi connectivity index (χ1n) is 10.7. The van der Waals surface area contributed by atoms with Crippen molar-refractivity contribution in [2.75, 3.05) is 19.6 Å². The minimum absolute atomic E-state index is 0.0857. The molecule has 0 aliphatic carbocycles. The third-order valence-corrected chi connectivity index (χ3v) is 5.96. The predicted octanol–water partition coefficient (Wildman–Crippen LogP) is 3.32. The highest BCUT2D eigenvalue weighted by atomic mass is 16.5. The molecule has 28 heavy (non-hydrogen) atoms. The molecule has 5 heteroatoms. The van der Waals surface area contributed by atoms with Crippen LogP contribution in [0.25, 0.3) is 0 Å². The number of hydrogen-bond donors (Lipinski definition) is 1. The van der Waals surface area contributed by atoms with Crippen molar-refractivity contribution < 1.29 is 14.3 Å². The van der Waals surface area contributed by atoms with Crippen LogP contribution in [0, 0.1) is 5.92 Å². The molecule has 2 heterocycles. The van der Waals surface area contributed by atoms with E-state index >= 15 is 0 Å². The quantitative estimate of drug-likeness (QED) is 0.782. The molecule has 1 unspecified atom stereocenters. The van der Waals surface area contributed by atoms with Gasteiger partial charge in [-0.1, -0.05) is 44.2 Å². The average Bonchev–Trinajstić information content (AvgIpc) is 3.08. The summed E-state index contributed by atoms with van der Waals surface area (Å²) in [5, 5.41) is 3.04. The number of likely N-dealkylation sites (tertiary alicyclic amines) is 1. The maximum absolute atomic E-state index is 12.3. The second kappa shape index (κ2) is 9.55. The maximum atomic E-state index is 12.3. The normalized spacial score (nSPS) is 21.2. The monoisotopic (exact) mass is 386 g/mol. The Labute approximate surface area is 168 Å². The Bertz CT molecular complexity index is 651. The fraction of sp³-hybridized carbons (Fsp3) is 0.652. The van der Waals surface area contributed by atoms with Crippen LogP contribution in [0.5, 0.6) is 0 Å². The van der Waals surface area contributed by atoms with Crippen molar-refractivity contribution in [3.8, 4) is 0 Å². The van der Waals surface area contributed by atoms with Crippen molar-refractivity contribution in [3.63, 3.8) is 0 Å². The summed E-state index contributed by atoms with van der Waals surface area (Å²) in [5.41, 5.74) is 1.10. The average molecular weight is 387 g/mol. The molecular weight excluding hydrogens is 352 g/mol. The van der Waals surface area contributed by atoms with Crippen LogP contribution in [0.15, 0.2) is 30.3 Å². The first-order chi connectivity index (χ1) is 13.5. The minimum atomic E-state index is -0.0892. The Morgan fingerprint density at radius 1 is 1.18 bits per heavy atom. The van der Waals surface area contributed by atoms with E-state index in [4.69, 9.17) is 4.74 Å². The Morgan fingerprint density at radius 3 is 2.57 bits per heavy atom. The molecular formula is C23H34N2O3. The molecule has 0 bridgehead atoms. The molecule has 1 spiro atoms. The van der Waals surface area contributed by atoms with E-state index in [2.05, 4.69) is 31.3 Å². The highest BCUT2D eigenvalue weighted by molar-refractivity contribution is 5.76. The molecule has 0 saturated carbocycles. The molecule has 2 aliphatic rings. The van der Waals surface area contributed by atoms with Crippen molar-refractivity contribution in [3.05, 3.63) is 35.9 Å². The number of ether oxygens (including phenoxy) is 1. The smallest absolute Gasteiger partial charge is 0.222 e. The summed E-state index contributed by atoms with van der Waals surface area (Å²) in [7, 11) is 0. The number of rotatable bonds is 7. The predicted molar refractivity (Wildman–Crippen MR) is 110 cm³/mol. The topological polar surface area (TPSA) is 58.6 Å². The van der Waals surface area contributed by atoms with Gasteiger partial charge in [-0.3, -0.25) is 9.59 Å². The number of hydrogen-bond acceptors (Lipinski definition) is 3. The molecule has 1 aromatic rings. The van der Waals surface area contributed by atoms with E-state index < -0.39 is 0 Å². The maximum Gasteiger partial charge on any atom is 0.222 e. The summed E-state index contributed by atoms with van der Waals surface area (Å²) in [5.74, 6) is 0.758. The van der Waals surface area contributed by atoms with Crippen LogP contribution >= 0.6 is 0 Å². The van der Waals surface area contributed by atoms with Gasteiger partial charge < -0.3 is 15.0 Å². The SMILES string of the molecule is CC(C)CC(=O)N1CCC2(CCC(CNC(=O)CCc3ccccc3)O2)CC1. The van der Waals surface area contributed by atoms with Gasteiger partial charge >= 0.3 is 0 Å². The fourth-order valence-corrected chi connectivity index (χ4v) is 4.27.